The highest BCUT2D eigenvalue weighted by Crippen LogP contribution is 2.01. The van der Waals surface area contributed by atoms with Gasteiger partial charge in [-0.3, -0.25) is 4.74 Å². The molecule has 8 heteroatoms. The van der Waals surface area contributed by atoms with Gasteiger partial charge in [0.1, 0.15) is 25.2 Å². The van der Waals surface area contributed by atoms with Gasteiger partial charge in [0, 0.05) is 12.1 Å². The molecule has 2 heterocycles. The molecule has 0 radical (unpaired) electrons. The molecule has 0 aliphatic rings. The molecule has 27 heavy (non-hydrogen) atoms. The standard InChI is InChI=1S/C19H19N5O3/c25-20-12-18-8-4-5-9-23(18)15-27-16-24-11-10-22(19(24)13-21-26)14-17-6-2-1-3-7-17/h1-13H,14-16H2/p+2. The van der Waals surface area contributed by atoms with Crippen molar-refractivity contribution in [2.24, 2.45) is 10.3 Å². The fourth-order valence-corrected chi connectivity index (χ4v) is 2.72. The monoisotopic (exact) mass is 367 g/mol. The number of ether oxygens (including phenoxy) is 1. The van der Waals surface area contributed by atoms with Crippen LogP contribution in [0.4, 0.5) is 0 Å². The van der Waals surface area contributed by atoms with E-state index in [4.69, 9.17) is 15.2 Å². The molecule has 0 saturated heterocycles. The van der Waals surface area contributed by atoms with Crippen LogP contribution in [-0.4, -0.2) is 27.4 Å². The zero-order valence-corrected chi connectivity index (χ0v) is 14.7. The van der Waals surface area contributed by atoms with Crippen molar-refractivity contribution in [3.8, 4) is 0 Å². The molecule has 0 bridgehead atoms. The lowest BCUT2D eigenvalue weighted by Gasteiger charge is -2.03. The van der Waals surface area contributed by atoms with Gasteiger partial charge >= 0.3 is 5.82 Å². The van der Waals surface area contributed by atoms with Gasteiger partial charge in [0.05, 0.1) is 0 Å². The molecule has 1 aromatic carbocycles. The largest absolute Gasteiger partial charge is 0.411 e. The minimum atomic E-state index is 0.265. The van der Waals surface area contributed by atoms with Crippen molar-refractivity contribution < 1.29 is 24.3 Å². The normalized spacial score (nSPS) is 11.6. The third-order valence-electron chi connectivity index (χ3n) is 4.01. The van der Waals surface area contributed by atoms with Crippen molar-refractivity contribution in [2.45, 2.75) is 20.0 Å². The van der Waals surface area contributed by atoms with Crippen LogP contribution >= 0.6 is 0 Å². The molecule has 0 spiro atoms. The minimum Gasteiger partial charge on any atom is -0.411 e. The molecular weight excluding hydrogens is 346 g/mol. The number of pyridine rings is 1. The Morgan fingerprint density at radius 2 is 1.70 bits per heavy atom. The number of rotatable bonds is 8. The maximum absolute atomic E-state index is 9.01. The van der Waals surface area contributed by atoms with Gasteiger partial charge in [0.25, 0.3) is 6.73 Å². The Labute approximate surface area is 156 Å². The summed E-state index contributed by atoms with van der Waals surface area (Å²) < 4.78 is 11.4. The molecule has 0 atom stereocenters. The predicted molar refractivity (Wildman–Crippen MR) is 96.7 cm³/mol. The Morgan fingerprint density at radius 3 is 2.48 bits per heavy atom. The van der Waals surface area contributed by atoms with E-state index in [-0.39, 0.29) is 13.5 Å². The summed E-state index contributed by atoms with van der Waals surface area (Å²) in [4.78, 5) is 0. The van der Waals surface area contributed by atoms with E-state index >= 15 is 0 Å². The third-order valence-corrected chi connectivity index (χ3v) is 4.01. The van der Waals surface area contributed by atoms with Crippen LogP contribution in [0.25, 0.3) is 0 Å². The second kappa shape index (κ2) is 9.25. The number of oxime groups is 2. The molecular formula is C19H21N5O3+2. The van der Waals surface area contributed by atoms with E-state index in [0.29, 0.717) is 18.1 Å². The molecule has 0 amide bonds. The van der Waals surface area contributed by atoms with Crippen molar-refractivity contribution in [3.63, 3.8) is 0 Å². The molecule has 2 N–H and O–H groups in total. The smallest absolute Gasteiger partial charge is 0.305 e. The Bertz CT molecular complexity index is 922. The molecule has 0 unspecified atom stereocenters. The van der Waals surface area contributed by atoms with Crippen LogP contribution in [0.2, 0.25) is 0 Å². The molecule has 0 aliphatic carbocycles. The quantitative estimate of drug-likeness (QED) is 0.273. The zero-order chi connectivity index (χ0) is 18.9. The van der Waals surface area contributed by atoms with Crippen molar-refractivity contribution in [2.75, 3.05) is 0 Å². The van der Waals surface area contributed by atoms with Crippen LogP contribution in [0.5, 0.6) is 0 Å². The van der Waals surface area contributed by atoms with Gasteiger partial charge in [0.15, 0.2) is 19.1 Å². The minimum absolute atomic E-state index is 0.265. The maximum atomic E-state index is 9.01. The van der Waals surface area contributed by atoms with Gasteiger partial charge in [-0.15, -0.1) is 0 Å². The second-order valence-corrected chi connectivity index (χ2v) is 5.79. The molecule has 0 aliphatic heterocycles. The van der Waals surface area contributed by atoms with Crippen LogP contribution in [0.1, 0.15) is 17.1 Å². The number of hydrogen-bond donors (Lipinski definition) is 2. The first kappa shape index (κ1) is 18.3. The second-order valence-electron chi connectivity index (χ2n) is 5.79. The first-order valence-electron chi connectivity index (χ1n) is 8.35. The zero-order valence-electron chi connectivity index (χ0n) is 14.7. The number of aromatic nitrogens is 3. The lowest BCUT2D eigenvalue weighted by molar-refractivity contribution is -0.735. The highest BCUT2D eigenvalue weighted by molar-refractivity contribution is 5.74. The number of nitrogens with zero attached hydrogens (tertiary/aromatic N) is 5. The fourth-order valence-electron chi connectivity index (χ4n) is 2.72. The lowest BCUT2D eigenvalue weighted by atomic mass is 10.2. The molecule has 0 saturated carbocycles. The van der Waals surface area contributed by atoms with E-state index in [0.717, 1.165) is 5.56 Å². The van der Waals surface area contributed by atoms with Crippen molar-refractivity contribution in [1.82, 2.24) is 4.57 Å². The van der Waals surface area contributed by atoms with E-state index in [9.17, 15) is 0 Å². The third kappa shape index (κ3) is 4.77. The van der Waals surface area contributed by atoms with Crippen LogP contribution < -0.4 is 9.13 Å². The first-order chi connectivity index (χ1) is 13.3. The molecule has 3 aromatic rings. The molecule has 8 nitrogen and oxygen atoms in total. The summed E-state index contributed by atoms with van der Waals surface area (Å²) in [6, 6.07) is 15.6. The van der Waals surface area contributed by atoms with Crippen LogP contribution in [0, 0.1) is 0 Å². The lowest BCUT2D eigenvalue weighted by Crippen LogP contribution is -2.40. The topological polar surface area (TPSA) is 87.1 Å². The van der Waals surface area contributed by atoms with E-state index in [1.54, 1.807) is 4.57 Å². The number of benzene rings is 1. The summed E-state index contributed by atoms with van der Waals surface area (Å²) >= 11 is 0. The Morgan fingerprint density at radius 1 is 0.926 bits per heavy atom. The van der Waals surface area contributed by atoms with E-state index in [2.05, 4.69) is 10.3 Å². The van der Waals surface area contributed by atoms with Crippen molar-refractivity contribution in [3.05, 3.63) is 84.2 Å². The summed E-state index contributed by atoms with van der Waals surface area (Å²) in [7, 11) is 0. The molecule has 138 valence electrons. The van der Waals surface area contributed by atoms with Crippen molar-refractivity contribution in [1.29, 1.82) is 0 Å². The maximum Gasteiger partial charge on any atom is 0.305 e. The fraction of sp³-hybridized carbons (Fsp3) is 0.158. The molecule has 0 fully saturated rings. The molecule has 2 aromatic heterocycles. The Balaban J connectivity index is 1.70. The van der Waals surface area contributed by atoms with Gasteiger partial charge in [0.2, 0.25) is 5.69 Å². The van der Waals surface area contributed by atoms with Crippen LogP contribution in [0.3, 0.4) is 0 Å². The van der Waals surface area contributed by atoms with E-state index < -0.39 is 0 Å². The van der Waals surface area contributed by atoms with Crippen molar-refractivity contribution >= 4 is 12.4 Å². The summed E-state index contributed by atoms with van der Waals surface area (Å²) in [5, 5.41) is 24.0. The summed E-state index contributed by atoms with van der Waals surface area (Å²) in [6.45, 7) is 1.19. The SMILES string of the molecule is O/N=C/c1cccc[n+]1COCn1cc[n+](Cc2ccccc2)c1/C=N/O. The van der Waals surface area contributed by atoms with Crippen LogP contribution in [0.15, 0.2) is 77.4 Å². The van der Waals surface area contributed by atoms with Crippen LogP contribution in [-0.2, 0) is 24.7 Å². The summed E-state index contributed by atoms with van der Waals surface area (Å²) in [5.74, 6) is 0.705. The van der Waals surface area contributed by atoms with Gasteiger partial charge in [-0.2, -0.15) is 4.57 Å². The van der Waals surface area contributed by atoms with E-state index in [1.807, 2.05) is 76.3 Å². The average Bonchev–Trinajstić information content (AvgIpc) is 3.06. The average molecular weight is 367 g/mol. The van der Waals surface area contributed by atoms with Gasteiger partial charge in [-0.25, -0.2) is 9.13 Å². The highest BCUT2D eigenvalue weighted by Gasteiger charge is 2.17. The molecule has 3 rings (SSSR count). The number of hydrogen-bond acceptors (Lipinski definition) is 5. The summed E-state index contributed by atoms with van der Waals surface area (Å²) in [5.41, 5.74) is 1.85. The highest BCUT2D eigenvalue weighted by atomic mass is 16.5. The van der Waals surface area contributed by atoms with Gasteiger partial charge < -0.3 is 10.4 Å². The van der Waals surface area contributed by atoms with Gasteiger partial charge in [-0.1, -0.05) is 40.6 Å². The predicted octanol–water partition coefficient (Wildman–Crippen LogP) is 1.36. The van der Waals surface area contributed by atoms with E-state index in [1.165, 1.54) is 12.4 Å². The Hall–Kier alpha value is -3.52. The number of imidazole rings is 1. The first-order valence-corrected chi connectivity index (χ1v) is 8.35. The summed E-state index contributed by atoms with van der Waals surface area (Å²) in [6.07, 6.45) is 8.33. The Kier molecular flexibility index (Phi) is 6.26. The van der Waals surface area contributed by atoms with Gasteiger partial charge in [-0.05, 0) is 11.6 Å².